The number of nitrogens with one attached hydrogen (secondary N) is 2. The lowest BCUT2D eigenvalue weighted by molar-refractivity contribution is -0.133. The second-order valence-corrected chi connectivity index (χ2v) is 12.3. The average molecular weight is 441 g/mol. The van der Waals surface area contributed by atoms with E-state index in [-0.39, 0.29) is 28.6 Å². The molecule has 0 aromatic rings. The molecule has 32 heavy (non-hydrogen) atoms. The number of ketones is 1. The molecule has 3 saturated carbocycles. The lowest BCUT2D eigenvalue weighted by Crippen LogP contribution is -2.59. The van der Waals surface area contributed by atoms with Crippen molar-refractivity contribution in [1.29, 1.82) is 0 Å². The van der Waals surface area contributed by atoms with Gasteiger partial charge in [-0.05, 0) is 112 Å². The van der Waals surface area contributed by atoms with Crippen LogP contribution in [0.2, 0.25) is 0 Å². The van der Waals surface area contributed by atoms with Gasteiger partial charge in [-0.25, -0.2) is 0 Å². The molecule has 8 atom stereocenters. The predicted octanol–water partition coefficient (Wildman–Crippen LogP) is 5.19. The van der Waals surface area contributed by atoms with Gasteiger partial charge in [-0.1, -0.05) is 32.4 Å². The van der Waals surface area contributed by atoms with Gasteiger partial charge in [0.25, 0.3) is 0 Å². The highest BCUT2D eigenvalue weighted by molar-refractivity contribution is 6.04. The first kappa shape index (κ1) is 23.7. The third-order valence-corrected chi connectivity index (χ3v) is 10.4. The fourth-order valence-corrected chi connectivity index (χ4v) is 8.90. The molecule has 4 rings (SSSR count). The molecule has 0 aromatic carbocycles. The normalized spacial score (nSPS) is 44.0. The molecule has 8 unspecified atom stereocenters. The van der Waals surface area contributed by atoms with Gasteiger partial charge in [0.15, 0.2) is 5.78 Å². The summed E-state index contributed by atoms with van der Waals surface area (Å²) >= 11 is 0. The Morgan fingerprint density at radius 2 is 1.78 bits per heavy atom. The number of rotatable bonds is 4. The molecule has 4 aliphatic carbocycles. The number of carbonyl (C=O) groups excluding carboxylic acids is 2. The highest BCUT2D eigenvalue weighted by atomic mass is 16.2. The summed E-state index contributed by atoms with van der Waals surface area (Å²) in [5.74, 6) is 2.02. The zero-order valence-corrected chi connectivity index (χ0v) is 21.3. The van der Waals surface area contributed by atoms with Crippen LogP contribution in [0.25, 0.3) is 0 Å². The Morgan fingerprint density at radius 3 is 2.44 bits per heavy atom. The van der Waals surface area contributed by atoms with Gasteiger partial charge in [-0.15, -0.1) is 0 Å². The van der Waals surface area contributed by atoms with Crippen LogP contribution >= 0.6 is 0 Å². The largest absolute Gasteiger partial charge is 0.342 e. The van der Waals surface area contributed by atoms with Crippen LogP contribution in [0.5, 0.6) is 0 Å². The minimum absolute atomic E-state index is 0.0597. The van der Waals surface area contributed by atoms with E-state index in [1.54, 1.807) is 6.08 Å². The molecule has 0 radical (unpaired) electrons. The zero-order chi connectivity index (χ0) is 23.5. The molecule has 178 valence electrons. The number of allylic oxidation sites excluding steroid dienone is 2. The van der Waals surface area contributed by atoms with Crippen molar-refractivity contribution >= 4 is 11.7 Å². The van der Waals surface area contributed by atoms with Crippen molar-refractivity contribution < 1.29 is 9.59 Å². The van der Waals surface area contributed by atoms with Crippen molar-refractivity contribution in [1.82, 2.24) is 10.6 Å². The fourth-order valence-electron chi connectivity index (χ4n) is 8.90. The molecule has 0 heterocycles. The van der Waals surface area contributed by atoms with E-state index in [4.69, 9.17) is 0 Å². The predicted molar refractivity (Wildman–Crippen MR) is 130 cm³/mol. The number of Topliss-reactive ketones (excluding diaryl/α,β-unsaturated/α-hetero) is 1. The number of carbonyl (C=O) groups is 2. The monoisotopic (exact) mass is 440 g/mol. The molecule has 0 spiro atoms. The van der Waals surface area contributed by atoms with Gasteiger partial charge in [-0.3, -0.25) is 9.59 Å². The standard InChI is InChI=1S/C28H44N2O2/c1-17(2)16-24(31)30-21-11-14-27(5)20(25(21)32)10-13-28(6)22-9-8-19(18(3)29-7)26(22,4)15-12-23(27)28/h10,16,18-19,21-23,29H,8-9,11-15H2,1-7H3,(H,30,31). The van der Waals surface area contributed by atoms with Crippen LogP contribution in [0.4, 0.5) is 0 Å². The van der Waals surface area contributed by atoms with Gasteiger partial charge in [0.1, 0.15) is 0 Å². The van der Waals surface area contributed by atoms with Gasteiger partial charge >= 0.3 is 0 Å². The summed E-state index contributed by atoms with van der Waals surface area (Å²) in [6, 6.07) is 0.180. The molecule has 2 N–H and O–H groups in total. The van der Waals surface area contributed by atoms with E-state index in [1.807, 2.05) is 13.8 Å². The minimum atomic E-state index is -0.372. The summed E-state index contributed by atoms with van der Waals surface area (Å²) in [5.41, 5.74) is 2.54. The van der Waals surface area contributed by atoms with Gasteiger partial charge in [0, 0.05) is 12.1 Å². The average Bonchev–Trinajstić information content (AvgIpc) is 3.07. The first-order valence-corrected chi connectivity index (χ1v) is 12.8. The summed E-state index contributed by atoms with van der Waals surface area (Å²) < 4.78 is 0. The van der Waals surface area contributed by atoms with E-state index >= 15 is 0 Å². The van der Waals surface area contributed by atoms with Crippen LogP contribution in [-0.4, -0.2) is 30.8 Å². The quantitative estimate of drug-likeness (QED) is 0.591. The van der Waals surface area contributed by atoms with Crippen molar-refractivity contribution in [2.24, 2.45) is 34.0 Å². The van der Waals surface area contributed by atoms with E-state index in [9.17, 15) is 9.59 Å². The molecule has 4 heteroatoms. The van der Waals surface area contributed by atoms with E-state index in [0.29, 0.717) is 17.4 Å². The molecule has 3 fully saturated rings. The van der Waals surface area contributed by atoms with Crippen LogP contribution in [0.1, 0.15) is 86.5 Å². The van der Waals surface area contributed by atoms with Crippen molar-refractivity contribution in [2.75, 3.05) is 7.05 Å². The maximum Gasteiger partial charge on any atom is 0.244 e. The molecule has 4 nitrogen and oxygen atoms in total. The topological polar surface area (TPSA) is 58.2 Å². The lowest BCUT2D eigenvalue weighted by Gasteiger charge is -2.63. The van der Waals surface area contributed by atoms with Gasteiger partial charge in [0.05, 0.1) is 6.04 Å². The Morgan fingerprint density at radius 1 is 1.06 bits per heavy atom. The van der Waals surface area contributed by atoms with Gasteiger partial charge in [-0.2, -0.15) is 0 Å². The minimum Gasteiger partial charge on any atom is -0.342 e. The molecular formula is C28H44N2O2. The molecule has 0 bridgehead atoms. The molecule has 0 aliphatic heterocycles. The highest BCUT2D eigenvalue weighted by Gasteiger charge is 2.64. The Kier molecular flexibility index (Phi) is 6.01. The lowest BCUT2D eigenvalue weighted by atomic mass is 9.41. The maximum absolute atomic E-state index is 13.5. The Labute approximate surface area is 195 Å². The Bertz CT molecular complexity index is 855. The van der Waals surface area contributed by atoms with Crippen molar-refractivity contribution in [2.45, 2.75) is 98.6 Å². The smallest absolute Gasteiger partial charge is 0.244 e. The van der Waals surface area contributed by atoms with E-state index in [2.05, 4.69) is 51.5 Å². The number of amides is 1. The second-order valence-electron chi connectivity index (χ2n) is 12.3. The third kappa shape index (κ3) is 3.43. The summed E-state index contributed by atoms with van der Waals surface area (Å²) in [7, 11) is 2.10. The van der Waals surface area contributed by atoms with Crippen molar-refractivity contribution in [3.8, 4) is 0 Å². The number of hydrogen-bond acceptors (Lipinski definition) is 3. The first-order valence-electron chi connectivity index (χ1n) is 12.8. The van der Waals surface area contributed by atoms with Crippen LogP contribution < -0.4 is 10.6 Å². The Hall–Kier alpha value is -1.42. The van der Waals surface area contributed by atoms with Crippen LogP contribution in [0, 0.1) is 34.0 Å². The molecule has 0 saturated heterocycles. The highest BCUT2D eigenvalue weighted by Crippen LogP contribution is 2.71. The van der Waals surface area contributed by atoms with E-state index in [1.165, 1.54) is 25.7 Å². The first-order chi connectivity index (χ1) is 15.0. The fraction of sp³-hybridized carbons (Fsp3) is 0.786. The Balaban J connectivity index is 1.61. The van der Waals surface area contributed by atoms with Crippen molar-refractivity contribution in [3.05, 3.63) is 23.3 Å². The maximum atomic E-state index is 13.5. The van der Waals surface area contributed by atoms with Crippen LogP contribution in [0.15, 0.2) is 23.3 Å². The van der Waals surface area contributed by atoms with Gasteiger partial charge < -0.3 is 10.6 Å². The molecule has 1 amide bonds. The molecular weight excluding hydrogens is 396 g/mol. The van der Waals surface area contributed by atoms with E-state index in [0.717, 1.165) is 42.2 Å². The molecule has 4 aliphatic rings. The SMILES string of the molecule is CNC(C)C1CCC2C1(C)CCC1C3(C)CCC(NC(=O)C=C(C)C)C(=O)C3=CCC12C. The second kappa shape index (κ2) is 8.11. The summed E-state index contributed by atoms with van der Waals surface area (Å²) in [5, 5.41) is 6.53. The summed E-state index contributed by atoms with van der Waals surface area (Å²) in [4.78, 5) is 25.8. The summed E-state index contributed by atoms with van der Waals surface area (Å²) in [6.45, 7) is 13.6. The van der Waals surface area contributed by atoms with Crippen molar-refractivity contribution in [3.63, 3.8) is 0 Å². The number of fused-ring (bicyclic) bond motifs is 5. The third-order valence-electron chi connectivity index (χ3n) is 10.4. The zero-order valence-electron chi connectivity index (χ0n) is 21.3. The molecule has 0 aromatic heterocycles. The van der Waals surface area contributed by atoms with Gasteiger partial charge in [0.2, 0.25) is 5.91 Å². The number of hydrogen-bond donors (Lipinski definition) is 2. The van der Waals surface area contributed by atoms with E-state index < -0.39 is 0 Å². The van der Waals surface area contributed by atoms with Crippen LogP contribution in [0.3, 0.4) is 0 Å². The summed E-state index contributed by atoms with van der Waals surface area (Å²) in [6.07, 6.45) is 11.7. The van der Waals surface area contributed by atoms with Crippen LogP contribution in [-0.2, 0) is 9.59 Å².